The van der Waals surface area contributed by atoms with Gasteiger partial charge < -0.3 is 10.4 Å². The third-order valence-corrected chi connectivity index (χ3v) is 4.86. The van der Waals surface area contributed by atoms with E-state index in [0.29, 0.717) is 5.75 Å². The maximum Gasteiger partial charge on any atom is 0.325 e. The molecule has 1 fully saturated rings. The quantitative estimate of drug-likeness (QED) is 0.784. The molecular weight excluding hydrogens is 316 g/mol. The van der Waals surface area contributed by atoms with Crippen molar-refractivity contribution in [2.45, 2.75) is 23.4 Å². The molecule has 0 aromatic carbocycles. The zero-order valence-corrected chi connectivity index (χ0v) is 12.4. The van der Waals surface area contributed by atoms with E-state index in [1.165, 1.54) is 11.8 Å². The van der Waals surface area contributed by atoms with Crippen LogP contribution in [0.3, 0.4) is 0 Å². The summed E-state index contributed by atoms with van der Waals surface area (Å²) in [6, 6.07) is 3.80. The van der Waals surface area contributed by atoms with Crippen LogP contribution in [-0.2, 0) is 4.79 Å². The molecule has 6 heteroatoms. The molecule has 0 spiro atoms. The molecule has 18 heavy (non-hydrogen) atoms. The normalized spacial score (nSPS) is 18.3. The van der Waals surface area contributed by atoms with E-state index < -0.39 is 11.5 Å². The Morgan fingerprint density at radius 1 is 1.67 bits per heavy atom. The van der Waals surface area contributed by atoms with Gasteiger partial charge in [-0.15, -0.1) is 11.8 Å². The number of likely N-dealkylation sites (N-methyl/N-ethyl adjacent to an activating group) is 1. The second kappa shape index (κ2) is 5.59. The van der Waals surface area contributed by atoms with Crippen LogP contribution in [0, 0.1) is 5.92 Å². The summed E-state index contributed by atoms with van der Waals surface area (Å²) in [5.74, 6) is -0.0296. The highest BCUT2D eigenvalue weighted by Gasteiger charge is 2.50. The van der Waals surface area contributed by atoms with Crippen molar-refractivity contribution in [3.8, 4) is 0 Å². The molecule has 2 N–H and O–H groups in total. The summed E-state index contributed by atoms with van der Waals surface area (Å²) in [6.07, 6.45) is 3.70. The predicted octanol–water partition coefficient (Wildman–Crippen LogP) is 2.39. The minimum Gasteiger partial charge on any atom is -0.480 e. The molecule has 0 aliphatic heterocycles. The number of thioether (sulfide) groups is 1. The Kier molecular flexibility index (Phi) is 4.29. The number of aromatic nitrogens is 1. The van der Waals surface area contributed by atoms with Gasteiger partial charge in [0, 0.05) is 16.4 Å². The van der Waals surface area contributed by atoms with Gasteiger partial charge in [0.05, 0.1) is 5.03 Å². The number of rotatable bonds is 6. The molecule has 0 radical (unpaired) electrons. The van der Waals surface area contributed by atoms with Gasteiger partial charge in [-0.05, 0) is 53.9 Å². The van der Waals surface area contributed by atoms with Crippen LogP contribution in [-0.4, -0.2) is 34.4 Å². The molecule has 98 valence electrons. The van der Waals surface area contributed by atoms with Crippen molar-refractivity contribution in [3.63, 3.8) is 0 Å². The topological polar surface area (TPSA) is 62.2 Å². The summed E-state index contributed by atoms with van der Waals surface area (Å²) >= 11 is 4.81. The Morgan fingerprint density at radius 3 is 2.83 bits per heavy atom. The van der Waals surface area contributed by atoms with Crippen LogP contribution < -0.4 is 5.32 Å². The van der Waals surface area contributed by atoms with Crippen molar-refractivity contribution >= 4 is 33.7 Å². The van der Waals surface area contributed by atoms with Crippen LogP contribution in [0.25, 0.3) is 0 Å². The SMILES string of the molecule is CNC(CSc1ccc(Br)cn1)(C(=O)O)C1CC1. The first-order chi connectivity index (χ1) is 8.58. The van der Waals surface area contributed by atoms with Crippen molar-refractivity contribution in [1.29, 1.82) is 0 Å². The zero-order valence-electron chi connectivity index (χ0n) is 10.0. The van der Waals surface area contributed by atoms with Crippen LogP contribution in [0.4, 0.5) is 0 Å². The molecule has 2 rings (SSSR count). The first kappa shape index (κ1) is 13.8. The Hall–Kier alpha value is -0.590. The summed E-state index contributed by atoms with van der Waals surface area (Å²) in [6.45, 7) is 0. The summed E-state index contributed by atoms with van der Waals surface area (Å²) in [5, 5.41) is 13.3. The fraction of sp³-hybridized carbons (Fsp3) is 0.500. The number of hydrogen-bond donors (Lipinski definition) is 2. The molecule has 1 unspecified atom stereocenters. The monoisotopic (exact) mass is 330 g/mol. The number of nitrogens with one attached hydrogen (secondary N) is 1. The number of carbonyl (C=O) groups is 1. The molecule has 1 atom stereocenters. The number of nitrogens with zero attached hydrogens (tertiary/aromatic N) is 1. The van der Waals surface area contributed by atoms with Gasteiger partial charge in [-0.3, -0.25) is 4.79 Å². The van der Waals surface area contributed by atoms with E-state index in [4.69, 9.17) is 0 Å². The average molecular weight is 331 g/mol. The lowest BCUT2D eigenvalue weighted by Gasteiger charge is -2.28. The number of halogens is 1. The van der Waals surface area contributed by atoms with Crippen LogP contribution >= 0.6 is 27.7 Å². The first-order valence-corrected chi connectivity index (χ1v) is 7.53. The van der Waals surface area contributed by atoms with E-state index in [1.807, 2.05) is 12.1 Å². The average Bonchev–Trinajstić information content (AvgIpc) is 3.17. The highest BCUT2D eigenvalue weighted by atomic mass is 79.9. The third-order valence-electron chi connectivity index (χ3n) is 3.25. The fourth-order valence-corrected chi connectivity index (χ4v) is 3.35. The van der Waals surface area contributed by atoms with E-state index in [9.17, 15) is 9.90 Å². The van der Waals surface area contributed by atoms with Crippen LogP contribution in [0.2, 0.25) is 0 Å². The van der Waals surface area contributed by atoms with Gasteiger partial charge >= 0.3 is 5.97 Å². The fourth-order valence-electron chi connectivity index (χ4n) is 1.95. The van der Waals surface area contributed by atoms with Gasteiger partial charge in [-0.2, -0.15) is 0 Å². The highest BCUT2D eigenvalue weighted by molar-refractivity contribution is 9.10. The summed E-state index contributed by atoms with van der Waals surface area (Å²) in [4.78, 5) is 15.8. The van der Waals surface area contributed by atoms with Crippen molar-refractivity contribution in [1.82, 2.24) is 10.3 Å². The Bertz CT molecular complexity index is 436. The molecule has 1 heterocycles. The minimum atomic E-state index is -0.820. The Balaban J connectivity index is 2.06. The lowest BCUT2D eigenvalue weighted by molar-refractivity contribution is -0.144. The second-order valence-corrected chi connectivity index (χ2v) is 6.32. The summed E-state index contributed by atoms with van der Waals surface area (Å²) in [7, 11) is 1.72. The van der Waals surface area contributed by atoms with E-state index in [-0.39, 0.29) is 5.92 Å². The molecule has 1 aliphatic rings. The number of carboxylic acids is 1. The number of aliphatic carboxylic acids is 1. The van der Waals surface area contributed by atoms with E-state index in [0.717, 1.165) is 22.3 Å². The van der Waals surface area contributed by atoms with Gasteiger partial charge in [-0.25, -0.2) is 4.98 Å². The van der Waals surface area contributed by atoms with Crippen LogP contribution in [0.1, 0.15) is 12.8 Å². The predicted molar refractivity (Wildman–Crippen MR) is 74.8 cm³/mol. The zero-order chi connectivity index (χ0) is 13.2. The van der Waals surface area contributed by atoms with Crippen molar-refractivity contribution in [2.75, 3.05) is 12.8 Å². The summed E-state index contributed by atoms with van der Waals surface area (Å²) < 4.78 is 0.923. The van der Waals surface area contributed by atoms with Crippen molar-refractivity contribution in [2.24, 2.45) is 5.92 Å². The molecule has 1 aliphatic carbocycles. The number of carboxylic acid groups (broad SMARTS) is 1. The largest absolute Gasteiger partial charge is 0.480 e. The molecule has 0 saturated heterocycles. The minimum absolute atomic E-state index is 0.239. The highest BCUT2D eigenvalue weighted by Crippen LogP contribution is 2.42. The van der Waals surface area contributed by atoms with E-state index in [2.05, 4.69) is 26.2 Å². The van der Waals surface area contributed by atoms with Gasteiger partial charge in [0.2, 0.25) is 0 Å². The Labute approximate surface area is 119 Å². The smallest absolute Gasteiger partial charge is 0.325 e. The lowest BCUT2D eigenvalue weighted by Crippen LogP contribution is -2.54. The molecule has 0 amide bonds. The summed E-state index contributed by atoms with van der Waals surface area (Å²) in [5.41, 5.74) is -0.820. The van der Waals surface area contributed by atoms with Crippen LogP contribution in [0.5, 0.6) is 0 Å². The standard InChI is InChI=1S/C12H15BrN2O2S/c1-14-12(11(16)17,8-2-3-8)7-18-10-5-4-9(13)6-15-10/h4-6,8,14H,2-3,7H2,1H3,(H,16,17). The molecule has 1 aromatic rings. The first-order valence-electron chi connectivity index (χ1n) is 5.75. The number of hydrogen-bond acceptors (Lipinski definition) is 4. The molecule has 1 aromatic heterocycles. The van der Waals surface area contributed by atoms with Crippen molar-refractivity contribution in [3.05, 3.63) is 22.8 Å². The Morgan fingerprint density at radius 2 is 2.39 bits per heavy atom. The molecular formula is C12H15BrN2O2S. The van der Waals surface area contributed by atoms with Gasteiger partial charge in [0.25, 0.3) is 0 Å². The van der Waals surface area contributed by atoms with Gasteiger partial charge in [-0.1, -0.05) is 0 Å². The lowest BCUT2D eigenvalue weighted by atomic mass is 9.96. The van der Waals surface area contributed by atoms with Crippen LogP contribution in [0.15, 0.2) is 27.8 Å². The maximum absolute atomic E-state index is 11.5. The van der Waals surface area contributed by atoms with Gasteiger partial charge in [0.15, 0.2) is 0 Å². The molecule has 1 saturated carbocycles. The van der Waals surface area contributed by atoms with Gasteiger partial charge in [0.1, 0.15) is 5.54 Å². The second-order valence-electron chi connectivity index (χ2n) is 4.40. The van der Waals surface area contributed by atoms with E-state index >= 15 is 0 Å². The molecule has 4 nitrogen and oxygen atoms in total. The molecule has 0 bridgehead atoms. The van der Waals surface area contributed by atoms with E-state index in [1.54, 1.807) is 13.2 Å². The maximum atomic E-state index is 11.5. The third kappa shape index (κ3) is 2.87. The van der Waals surface area contributed by atoms with Crippen molar-refractivity contribution < 1.29 is 9.90 Å². The number of pyridine rings is 1.